The van der Waals surface area contributed by atoms with Gasteiger partial charge in [-0.2, -0.15) is 0 Å². The van der Waals surface area contributed by atoms with Crippen LogP contribution in [-0.4, -0.2) is 31.4 Å². The molecule has 0 aliphatic carbocycles. The van der Waals surface area contributed by atoms with E-state index >= 15 is 0 Å². The zero-order valence-electron chi connectivity index (χ0n) is 14.3. The van der Waals surface area contributed by atoms with Crippen LogP contribution in [0, 0.1) is 0 Å². The third-order valence-corrected chi connectivity index (χ3v) is 7.98. The van der Waals surface area contributed by atoms with E-state index in [9.17, 15) is 13.2 Å². The van der Waals surface area contributed by atoms with Gasteiger partial charge in [0.2, 0.25) is 5.91 Å². The molecule has 0 aromatic heterocycles. The minimum Gasteiger partial charge on any atom is -0.354 e. The number of carbonyl (C=O) groups excluding carboxylic acids is 1. The molecule has 0 heterocycles. The standard InChI is InChI=1S/C18H19Cl2NO3S2/c1-18(2,26(23,24)14-8-9-15(19)16(20)12-14)17(22)21-10-11-25-13-6-4-3-5-7-13/h3-9,12H,10-11H2,1-2H3,(H,21,22). The molecule has 0 saturated heterocycles. The van der Waals surface area contributed by atoms with Gasteiger partial charge in [-0.25, -0.2) is 8.42 Å². The molecule has 0 spiro atoms. The summed E-state index contributed by atoms with van der Waals surface area (Å²) in [5.74, 6) is 0.0794. The normalized spacial score (nSPS) is 12.0. The summed E-state index contributed by atoms with van der Waals surface area (Å²) in [4.78, 5) is 13.5. The number of sulfone groups is 1. The quantitative estimate of drug-likeness (QED) is 0.519. The molecule has 4 nitrogen and oxygen atoms in total. The zero-order chi connectivity index (χ0) is 19.4. The lowest BCUT2D eigenvalue weighted by atomic mass is 10.2. The molecule has 2 rings (SSSR count). The van der Waals surface area contributed by atoms with Crippen molar-refractivity contribution in [1.29, 1.82) is 0 Å². The van der Waals surface area contributed by atoms with Crippen molar-refractivity contribution < 1.29 is 13.2 Å². The molecule has 2 aromatic rings. The van der Waals surface area contributed by atoms with Crippen LogP contribution in [0.3, 0.4) is 0 Å². The van der Waals surface area contributed by atoms with Gasteiger partial charge in [-0.1, -0.05) is 41.4 Å². The molecule has 26 heavy (non-hydrogen) atoms. The fourth-order valence-electron chi connectivity index (χ4n) is 2.12. The van der Waals surface area contributed by atoms with Crippen LogP contribution in [-0.2, 0) is 14.6 Å². The molecular formula is C18H19Cl2NO3S2. The van der Waals surface area contributed by atoms with E-state index in [1.807, 2.05) is 30.3 Å². The predicted molar refractivity (Wildman–Crippen MR) is 108 cm³/mol. The van der Waals surface area contributed by atoms with Crippen LogP contribution in [0.1, 0.15) is 13.8 Å². The number of hydrogen-bond donors (Lipinski definition) is 1. The van der Waals surface area contributed by atoms with Crippen molar-refractivity contribution in [2.75, 3.05) is 12.3 Å². The van der Waals surface area contributed by atoms with Gasteiger partial charge in [-0.3, -0.25) is 4.79 Å². The Morgan fingerprint density at radius 1 is 1.08 bits per heavy atom. The summed E-state index contributed by atoms with van der Waals surface area (Å²) in [7, 11) is -3.93. The molecule has 1 amide bonds. The number of rotatable bonds is 7. The summed E-state index contributed by atoms with van der Waals surface area (Å²) in [6.45, 7) is 3.12. The van der Waals surface area contributed by atoms with Gasteiger partial charge in [0, 0.05) is 17.2 Å². The van der Waals surface area contributed by atoms with Gasteiger partial charge in [-0.15, -0.1) is 11.8 Å². The SMILES string of the molecule is CC(C)(C(=O)NCCSc1ccccc1)S(=O)(=O)c1ccc(Cl)c(Cl)c1. The lowest BCUT2D eigenvalue weighted by molar-refractivity contribution is -0.122. The number of carbonyl (C=O) groups is 1. The molecular weight excluding hydrogens is 413 g/mol. The minimum absolute atomic E-state index is 0.0364. The molecule has 0 fully saturated rings. The third kappa shape index (κ3) is 4.74. The molecule has 140 valence electrons. The summed E-state index contributed by atoms with van der Waals surface area (Å²) >= 11 is 13.3. The van der Waals surface area contributed by atoms with Gasteiger partial charge < -0.3 is 5.32 Å². The van der Waals surface area contributed by atoms with Crippen LogP contribution in [0.4, 0.5) is 0 Å². The lowest BCUT2D eigenvalue weighted by Gasteiger charge is -2.24. The summed E-state index contributed by atoms with van der Waals surface area (Å²) in [5, 5.41) is 3.08. The van der Waals surface area contributed by atoms with Gasteiger partial charge in [-0.05, 0) is 44.2 Å². The Morgan fingerprint density at radius 2 is 1.73 bits per heavy atom. The molecule has 0 unspecified atom stereocenters. The molecule has 0 aliphatic heterocycles. The van der Waals surface area contributed by atoms with Crippen molar-refractivity contribution in [2.45, 2.75) is 28.4 Å². The summed E-state index contributed by atoms with van der Waals surface area (Å²) in [6.07, 6.45) is 0. The first-order chi connectivity index (χ1) is 12.2. The molecule has 0 saturated carbocycles. The van der Waals surface area contributed by atoms with E-state index in [-0.39, 0.29) is 14.9 Å². The van der Waals surface area contributed by atoms with Gasteiger partial charge >= 0.3 is 0 Å². The van der Waals surface area contributed by atoms with Crippen LogP contribution in [0.2, 0.25) is 10.0 Å². The fourth-order valence-corrected chi connectivity index (χ4v) is 4.70. The van der Waals surface area contributed by atoms with Crippen LogP contribution >= 0.6 is 35.0 Å². The second kappa shape index (κ2) is 8.65. The topological polar surface area (TPSA) is 63.2 Å². The van der Waals surface area contributed by atoms with Gasteiger partial charge in [0.1, 0.15) is 4.75 Å². The Morgan fingerprint density at radius 3 is 2.35 bits per heavy atom. The van der Waals surface area contributed by atoms with E-state index in [4.69, 9.17) is 23.2 Å². The average Bonchev–Trinajstić information content (AvgIpc) is 2.61. The Hall–Kier alpha value is -1.21. The Balaban J connectivity index is 2.02. The molecule has 0 radical (unpaired) electrons. The number of benzene rings is 2. The third-order valence-electron chi connectivity index (χ3n) is 3.82. The number of thioether (sulfide) groups is 1. The zero-order valence-corrected chi connectivity index (χ0v) is 17.5. The summed E-state index contributed by atoms with van der Waals surface area (Å²) in [6, 6.07) is 13.8. The molecule has 0 atom stereocenters. The first kappa shape index (κ1) is 21.1. The maximum Gasteiger partial charge on any atom is 0.241 e. The van der Waals surface area contributed by atoms with Crippen molar-refractivity contribution in [3.05, 3.63) is 58.6 Å². The van der Waals surface area contributed by atoms with Crippen LogP contribution in [0.25, 0.3) is 0 Å². The number of amides is 1. The molecule has 8 heteroatoms. The van der Waals surface area contributed by atoms with Gasteiger partial charge in [0.15, 0.2) is 9.84 Å². The smallest absolute Gasteiger partial charge is 0.241 e. The largest absolute Gasteiger partial charge is 0.354 e. The Kier molecular flexibility index (Phi) is 7.02. The minimum atomic E-state index is -3.93. The van der Waals surface area contributed by atoms with E-state index in [1.54, 1.807) is 11.8 Å². The fraction of sp³-hybridized carbons (Fsp3) is 0.278. The highest BCUT2D eigenvalue weighted by atomic mass is 35.5. The van der Waals surface area contributed by atoms with Crippen molar-refractivity contribution in [3.8, 4) is 0 Å². The van der Waals surface area contributed by atoms with Crippen LogP contribution < -0.4 is 5.32 Å². The Bertz CT molecular complexity index is 885. The van der Waals surface area contributed by atoms with E-state index < -0.39 is 20.5 Å². The monoisotopic (exact) mass is 431 g/mol. The molecule has 0 aliphatic rings. The summed E-state index contributed by atoms with van der Waals surface area (Å²) < 4.78 is 24.1. The van der Waals surface area contributed by atoms with E-state index in [0.717, 1.165) is 4.90 Å². The first-order valence-electron chi connectivity index (χ1n) is 7.82. The highest BCUT2D eigenvalue weighted by Gasteiger charge is 2.42. The van der Waals surface area contributed by atoms with E-state index in [0.29, 0.717) is 12.3 Å². The van der Waals surface area contributed by atoms with Crippen LogP contribution in [0.15, 0.2) is 58.3 Å². The first-order valence-corrected chi connectivity index (χ1v) is 11.0. The molecule has 0 bridgehead atoms. The van der Waals surface area contributed by atoms with Gasteiger partial charge in [0.05, 0.1) is 14.9 Å². The number of halogens is 2. The van der Waals surface area contributed by atoms with Crippen LogP contribution in [0.5, 0.6) is 0 Å². The van der Waals surface area contributed by atoms with Gasteiger partial charge in [0.25, 0.3) is 0 Å². The molecule has 1 N–H and O–H groups in total. The average molecular weight is 432 g/mol. The highest BCUT2D eigenvalue weighted by molar-refractivity contribution is 7.99. The van der Waals surface area contributed by atoms with E-state index in [1.165, 1.54) is 32.0 Å². The highest BCUT2D eigenvalue weighted by Crippen LogP contribution is 2.30. The molecule has 2 aromatic carbocycles. The Labute approximate surface area is 168 Å². The van der Waals surface area contributed by atoms with Crippen molar-refractivity contribution >= 4 is 50.7 Å². The predicted octanol–water partition coefficient (Wildman–Crippen LogP) is 4.45. The lowest BCUT2D eigenvalue weighted by Crippen LogP contribution is -2.48. The van der Waals surface area contributed by atoms with Crippen molar-refractivity contribution in [1.82, 2.24) is 5.32 Å². The number of hydrogen-bond acceptors (Lipinski definition) is 4. The number of nitrogens with one attached hydrogen (secondary N) is 1. The second-order valence-corrected chi connectivity index (χ2v) is 10.5. The maximum absolute atomic E-state index is 12.8. The van der Waals surface area contributed by atoms with Crippen molar-refractivity contribution in [2.24, 2.45) is 0 Å². The van der Waals surface area contributed by atoms with E-state index in [2.05, 4.69) is 5.32 Å². The maximum atomic E-state index is 12.8. The second-order valence-electron chi connectivity index (χ2n) is 6.01. The summed E-state index contributed by atoms with van der Waals surface area (Å²) in [5.41, 5.74) is 0. The van der Waals surface area contributed by atoms with Crippen molar-refractivity contribution in [3.63, 3.8) is 0 Å².